The van der Waals surface area contributed by atoms with Crippen molar-refractivity contribution in [2.45, 2.75) is 215 Å². The summed E-state index contributed by atoms with van der Waals surface area (Å²) in [6.07, 6.45) is -5.73. The molecule has 0 aromatic heterocycles. The molecule has 4 aliphatic rings. The molecule has 2 saturated heterocycles. The van der Waals surface area contributed by atoms with Crippen molar-refractivity contribution in [3.8, 4) is 0 Å². The van der Waals surface area contributed by atoms with Crippen LogP contribution in [0.1, 0.15) is 180 Å². The second-order valence-corrected chi connectivity index (χ2v) is 28.4. The second-order valence-electron chi connectivity index (χ2n) is 25.3. The number of carbonyl (C=O) groups excluding carboxylic acids is 6. The summed E-state index contributed by atoms with van der Waals surface area (Å²) in [7, 11) is 3.14. The number of aliphatic hydroxyl groups excluding tert-OH is 1. The molecule has 4 heterocycles. The van der Waals surface area contributed by atoms with E-state index in [1.165, 1.54) is 48.5 Å². The number of anilines is 2. The van der Waals surface area contributed by atoms with Crippen molar-refractivity contribution in [1.29, 1.82) is 0 Å². The van der Waals surface area contributed by atoms with Gasteiger partial charge in [-0.3, -0.25) is 19.2 Å². The molecule has 86 heavy (non-hydrogen) atoms. The molecule has 2 aromatic carbocycles. The molecule has 4 aliphatic heterocycles. The maximum Gasteiger partial charge on any atom is 0.417 e. The fourth-order valence-corrected chi connectivity index (χ4v) is 13.5. The van der Waals surface area contributed by atoms with Gasteiger partial charge in [-0.1, -0.05) is 6.92 Å². The first kappa shape index (κ1) is 71.8. The minimum absolute atomic E-state index is 0.125. The molecular formula is C61H90F6N6O11S2. The average molecular weight is 1260 g/mol. The Morgan fingerprint density at radius 2 is 0.988 bits per heavy atom. The molecule has 0 aliphatic carbocycles. The molecule has 0 bridgehead atoms. The van der Waals surface area contributed by atoms with Crippen LogP contribution in [0.25, 0.3) is 0 Å². The Balaban J connectivity index is 0.000000314. The molecule has 17 nitrogen and oxygen atoms in total. The number of halogens is 6. The molecular weight excluding hydrogens is 1170 g/mol. The maximum atomic E-state index is 14.6. The number of unbranched alkanes of at least 4 members (excludes halogenated alkanes) is 2. The summed E-state index contributed by atoms with van der Waals surface area (Å²) >= 11 is 1.98. The number of amides is 6. The van der Waals surface area contributed by atoms with Gasteiger partial charge in [-0.2, -0.15) is 26.3 Å². The molecule has 0 saturated carbocycles. The number of aliphatic hydroxyl groups is 1. The van der Waals surface area contributed by atoms with Gasteiger partial charge in [-0.05, 0) is 165 Å². The number of likely N-dealkylation sites (tertiary alicyclic amines) is 2. The van der Waals surface area contributed by atoms with E-state index in [0.29, 0.717) is 101 Å². The quantitative estimate of drug-likeness (QED) is 0.110. The number of benzene rings is 2. The summed E-state index contributed by atoms with van der Waals surface area (Å²) in [6, 6.07) is 2.40. The Hall–Kier alpha value is -4.98. The summed E-state index contributed by atoms with van der Waals surface area (Å²) in [5.74, 6) is -2.23. The first-order valence-corrected chi connectivity index (χ1v) is 31.2. The number of rotatable bonds is 18. The molecule has 484 valence electrons. The number of hydrogen-bond acceptors (Lipinski definition) is 13. The highest BCUT2D eigenvalue weighted by molar-refractivity contribution is 8.02. The lowest BCUT2D eigenvalue weighted by Gasteiger charge is -2.42. The molecule has 2 aromatic rings. The van der Waals surface area contributed by atoms with Crippen molar-refractivity contribution in [2.75, 3.05) is 83.1 Å². The Labute approximate surface area is 511 Å². The van der Waals surface area contributed by atoms with Crippen LogP contribution < -0.4 is 9.80 Å². The largest absolute Gasteiger partial charge is 0.444 e. The van der Waals surface area contributed by atoms with Gasteiger partial charge in [0.15, 0.2) is 0 Å². The smallest absolute Gasteiger partial charge is 0.417 e. The van der Waals surface area contributed by atoms with Gasteiger partial charge in [0.25, 0.3) is 11.8 Å². The van der Waals surface area contributed by atoms with Crippen LogP contribution in [0.2, 0.25) is 0 Å². The van der Waals surface area contributed by atoms with Crippen LogP contribution in [-0.4, -0.2) is 179 Å². The highest BCUT2D eigenvalue weighted by Gasteiger charge is 2.49. The number of fused-ring (bicyclic) bond motifs is 2. The zero-order valence-electron chi connectivity index (χ0n) is 52.6. The first-order valence-electron chi connectivity index (χ1n) is 29.6. The zero-order valence-corrected chi connectivity index (χ0v) is 54.3. The fraction of sp³-hybridized carbons (Fsp3) is 0.705. The lowest BCUT2D eigenvalue weighted by molar-refractivity contribution is -0.139. The lowest BCUT2D eigenvalue weighted by Crippen LogP contribution is -2.54. The zero-order chi connectivity index (χ0) is 64.7. The van der Waals surface area contributed by atoms with Crippen LogP contribution in [-0.2, 0) is 40.9 Å². The molecule has 6 amide bonds. The molecule has 2 unspecified atom stereocenters. The van der Waals surface area contributed by atoms with Gasteiger partial charge in [0.2, 0.25) is 11.8 Å². The minimum Gasteiger partial charge on any atom is -0.444 e. The van der Waals surface area contributed by atoms with Gasteiger partial charge in [-0.15, -0.1) is 23.5 Å². The van der Waals surface area contributed by atoms with E-state index < -0.39 is 116 Å². The number of hydrogen-bond donors (Lipinski definition) is 1. The van der Waals surface area contributed by atoms with Crippen molar-refractivity contribution in [3.63, 3.8) is 0 Å². The van der Waals surface area contributed by atoms with Gasteiger partial charge >= 0.3 is 24.5 Å². The van der Waals surface area contributed by atoms with E-state index in [4.69, 9.17) is 18.9 Å². The highest BCUT2D eigenvalue weighted by Crippen LogP contribution is 2.51. The van der Waals surface area contributed by atoms with Gasteiger partial charge in [0, 0.05) is 88.6 Å². The molecule has 0 spiro atoms. The molecule has 6 rings (SSSR count). The van der Waals surface area contributed by atoms with Gasteiger partial charge in [0.1, 0.15) is 15.9 Å². The predicted molar refractivity (Wildman–Crippen MR) is 320 cm³/mol. The fourth-order valence-electron chi connectivity index (χ4n) is 11.0. The number of thioether (sulfide) groups is 2. The number of carbonyl (C=O) groups is 6. The molecule has 2 fully saturated rings. The Bertz CT molecular complexity index is 2560. The van der Waals surface area contributed by atoms with Crippen LogP contribution >= 0.6 is 23.5 Å². The van der Waals surface area contributed by atoms with Crippen molar-refractivity contribution in [1.82, 2.24) is 19.6 Å². The second kappa shape index (κ2) is 29.1. The van der Waals surface area contributed by atoms with Crippen LogP contribution in [0.4, 0.5) is 47.3 Å². The highest BCUT2D eigenvalue weighted by atomic mass is 32.2. The lowest BCUT2D eigenvalue weighted by atomic mass is 9.97. The third-order valence-corrected chi connectivity index (χ3v) is 18.1. The average Bonchev–Trinajstić information content (AvgIpc) is 0.771. The third-order valence-electron chi connectivity index (χ3n) is 15.3. The molecule has 25 heteroatoms. The van der Waals surface area contributed by atoms with Gasteiger partial charge < -0.3 is 53.5 Å². The molecule has 0 radical (unpaired) electrons. The van der Waals surface area contributed by atoms with E-state index in [2.05, 4.69) is 0 Å². The summed E-state index contributed by atoms with van der Waals surface area (Å²) in [6.45, 7) is 24.6. The Morgan fingerprint density at radius 1 is 0.628 bits per heavy atom. The van der Waals surface area contributed by atoms with Gasteiger partial charge in [-0.25, -0.2) is 9.59 Å². The van der Waals surface area contributed by atoms with Crippen LogP contribution in [0, 0.1) is 0 Å². The van der Waals surface area contributed by atoms with Crippen LogP contribution in [0.15, 0.2) is 34.1 Å². The topological polar surface area (TPSA) is 179 Å². The number of methoxy groups -OCH3 is 2. The van der Waals surface area contributed by atoms with Crippen LogP contribution in [0.3, 0.4) is 0 Å². The van der Waals surface area contributed by atoms with Gasteiger partial charge in [0.05, 0.1) is 57.1 Å². The van der Waals surface area contributed by atoms with Crippen molar-refractivity contribution in [3.05, 3.63) is 46.5 Å². The number of nitrogens with zero attached hydrogens (tertiary/aromatic N) is 6. The van der Waals surface area contributed by atoms with E-state index in [0.717, 1.165) is 35.7 Å². The predicted octanol–water partition coefficient (Wildman–Crippen LogP) is 12.6. The van der Waals surface area contributed by atoms with E-state index >= 15 is 0 Å². The van der Waals surface area contributed by atoms with Crippen molar-refractivity contribution in [2.24, 2.45) is 0 Å². The Morgan fingerprint density at radius 3 is 1.30 bits per heavy atom. The third kappa shape index (κ3) is 17.7. The normalized spacial score (nSPS) is 21.2. The molecule has 1 N–H and O–H groups in total. The van der Waals surface area contributed by atoms with Crippen LogP contribution in [0.5, 0.6) is 0 Å². The standard InChI is InChI=1S/C31H46F3N3O5S.C30H44F3N3O6S/c1-9-30(7)27(39)36(15-10-11-16-41-8)24-17-22(23(31(32,33)34)18-25(24)43-30)26(38)37(20(2)3)21-13-12-14-35(19-21)28(40)42-29(4,5)6;1-19(2)36(20-11-10-12-34(17-20)27(40)42-28(3,4)5)25(38)21-15-23-24(16-22(21)30(31,32)33)43-29(6,18-37)26(39)35(23)13-8-9-14-41-7/h17-18,20-21H,9-16,19H2,1-8H3;15-16,19-20,37H,8-14,17-18H2,1-7H3/t21-,30?;20-,29?/m11/s1. The van der Waals surface area contributed by atoms with Crippen molar-refractivity contribution >= 4 is 70.7 Å². The van der Waals surface area contributed by atoms with Crippen molar-refractivity contribution < 1.29 is 79.2 Å². The van der Waals surface area contributed by atoms with E-state index in [9.17, 15) is 60.2 Å². The Kier molecular flexibility index (Phi) is 24.3. The SMILES string of the molecule is CCC1(C)Sc2cc(C(F)(F)F)c(C(=O)N(C(C)C)[C@@H]3CCCN(C(=O)OC(C)(C)C)C3)cc2N(CCCCOC)C1=O.COCCCCN1C(=O)C(C)(CO)Sc2cc(C(F)(F)F)c(C(=O)N(C(C)C)[C@@H]3CCCN(C(=O)OC(C)(C)C)C3)cc21. The number of ether oxygens (including phenoxy) is 4. The van der Waals surface area contributed by atoms with E-state index in [1.807, 2.05) is 6.92 Å². The molecule has 4 atom stereocenters. The number of piperidine rings is 2. The number of alkyl halides is 6. The summed E-state index contributed by atoms with van der Waals surface area (Å²) in [4.78, 5) is 90.4. The summed E-state index contributed by atoms with van der Waals surface area (Å²) < 4.78 is 106. The minimum atomic E-state index is -4.86. The summed E-state index contributed by atoms with van der Waals surface area (Å²) in [5, 5.41) is 10.0. The maximum absolute atomic E-state index is 14.6. The van der Waals surface area contributed by atoms with E-state index in [-0.39, 0.29) is 36.1 Å². The summed E-state index contributed by atoms with van der Waals surface area (Å²) in [5.41, 5.74) is -4.10. The van der Waals surface area contributed by atoms with E-state index in [1.54, 1.807) is 90.4 Å². The first-order chi connectivity index (χ1) is 39.9. The monoisotopic (exact) mass is 1260 g/mol.